The van der Waals surface area contributed by atoms with E-state index in [1.165, 1.54) is 44.8 Å². The normalized spacial score (nSPS) is 34.8. The summed E-state index contributed by atoms with van der Waals surface area (Å²) in [7, 11) is 0. The van der Waals surface area contributed by atoms with Crippen LogP contribution in [0.25, 0.3) is 0 Å². The van der Waals surface area contributed by atoms with Crippen LogP contribution in [0.3, 0.4) is 0 Å². The third-order valence-electron chi connectivity index (χ3n) is 3.95. The predicted molar refractivity (Wildman–Crippen MR) is 56.0 cm³/mol. The maximum absolute atomic E-state index is 3.88. The summed E-state index contributed by atoms with van der Waals surface area (Å²) in [6.07, 6.45) is 12.5. The molecule has 66 valence electrons. The Morgan fingerprint density at radius 1 is 1.08 bits per heavy atom. The summed E-state index contributed by atoms with van der Waals surface area (Å²) in [6.45, 7) is 4.90. The highest BCUT2D eigenvalue weighted by molar-refractivity contribution is 6.63. The summed E-state index contributed by atoms with van der Waals surface area (Å²) < 4.78 is 0. The summed E-state index contributed by atoms with van der Waals surface area (Å²) in [5, 5.41) is 0. The molecule has 0 atom stereocenters. The van der Waals surface area contributed by atoms with Crippen LogP contribution in [0.1, 0.15) is 38.5 Å². The van der Waals surface area contributed by atoms with Gasteiger partial charge in [-0.25, -0.2) is 0 Å². The van der Waals surface area contributed by atoms with Gasteiger partial charge in [0.15, 0.2) is 0 Å². The summed E-state index contributed by atoms with van der Waals surface area (Å²) in [5.41, 5.74) is 0. The van der Waals surface area contributed by atoms with Gasteiger partial charge in [0.25, 0.3) is 0 Å². The largest absolute Gasteiger partial charge is 0.150 e. The van der Waals surface area contributed by atoms with Crippen molar-refractivity contribution in [2.24, 2.45) is 0 Å². The van der Waals surface area contributed by atoms with Gasteiger partial charge in [0.1, 0.15) is 6.71 Å². The molecular formula is C11H19B. The average molecular weight is 162 g/mol. The highest BCUT2D eigenvalue weighted by atomic mass is 14.2. The molecule has 2 saturated heterocycles. The van der Waals surface area contributed by atoms with Crippen molar-refractivity contribution < 1.29 is 0 Å². The van der Waals surface area contributed by atoms with Crippen LogP contribution in [0.4, 0.5) is 0 Å². The molecule has 2 rings (SSSR count). The number of hydrogen-bond acceptors (Lipinski definition) is 0. The predicted octanol–water partition coefficient (Wildman–Crippen LogP) is 3.78. The number of fused-ring (bicyclic) bond motifs is 2. The van der Waals surface area contributed by atoms with Crippen LogP contribution >= 0.6 is 0 Å². The monoisotopic (exact) mass is 162 g/mol. The van der Waals surface area contributed by atoms with Crippen molar-refractivity contribution in [3.05, 3.63) is 12.7 Å². The molecular weight excluding hydrogens is 143 g/mol. The van der Waals surface area contributed by atoms with Gasteiger partial charge in [0.05, 0.1) is 0 Å². The van der Waals surface area contributed by atoms with Gasteiger partial charge in [-0.3, -0.25) is 0 Å². The van der Waals surface area contributed by atoms with E-state index in [2.05, 4.69) is 12.7 Å². The van der Waals surface area contributed by atoms with E-state index in [4.69, 9.17) is 0 Å². The van der Waals surface area contributed by atoms with Crippen molar-refractivity contribution >= 4 is 6.71 Å². The molecule has 2 bridgehead atoms. The second-order valence-corrected chi connectivity index (χ2v) is 4.57. The maximum atomic E-state index is 3.88. The highest BCUT2D eigenvalue weighted by Crippen LogP contribution is 2.47. The van der Waals surface area contributed by atoms with E-state index in [-0.39, 0.29) is 0 Å². The zero-order valence-corrected chi connectivity index (χ0v) is 7.97. The fourth-order valence-electron chi connectivity index (χ4n) is 3.39. The maximum Gasteiger partial charge on any atom is 0.150 e. The third-order valence-corrected chi connectivity index (χ3v) is 3.95. The molecule has 2 aliphatic rings. The first-order valence-electron chi connectivity index (χ1n) is 5.52. The molecule has 2 aliphatic heterocycles. The molecule has 0 aliphatic carbocycles. The second kappa shape index (κ2) is 3.68. The quantitative estimate of drug-likeness (QED) is 0.428. The zero-order valence-electron chi connectivity index (χ0n) is 7.97. The Morgan fingerprint density at radius 2 is 1.58 bits per heavy atom. The van der Waals surface area contributed by atoms with Crippen molar-refractivity contribution in [2.45, 2.75) is 56.5 Å². The van der Waals surface area contributed by atoms with Crippen LogP contribution in [0, 0.1) is 0 Å². The lowest BCUT2D eigenvalue weighted by molar-refractivity contribution is 0.443. The average Bonchev–Trinajstić information content (AvgIpc) is 2.04. The molecule has 0 radical (unpaired) electrons. The van der Waals surface area contributed by atoms with Gasteiger partial charge in [-0.2, -0.15) is 0 Å². The number of allylic oxidation sites excluding steroid dienone is 1. The van der Waals surface area contributed by atoms with E-state index < -0.39 is 0 Å². The Bertz CT molecular complexity index is 142. The number of hydrogen-bond donors (Lipinski definition) is 0. The molecule has 0 nitrogen and oxygen atoms in total. The topological polar surface area (TPSA) is 0 Å². The van der Waals surface area contributed by atoms with Gasteiger partial charge < -0.3 is 0 Å². The van der Waals surface area contributed by atoms with Crippen LogP contribution in [0.15, 0.2) is 12.7 Å². The Labute approximate surface area is 76.5 Å². The molecule has 0 aromatic heterocycles. The van der Waals surface area contributed by atoms with Crippen molar-refractivity contribution in [1.29, 1.82) is 0 Å². The minimum absolute atomic E-state index is 1.02. The van der Waals surface area contributed by atoms with Crippen molar-refractivity contribution in [1.82, 2.24) is 0 Å². The van der Waals surface area contributed by atoms with Gasteiger partial charge >= 0.3 is 0 Å². The van der Waals surface area contributed by atoms with E-state index in [0.29, 0.717) is 0 Å². The van der Waals surface area contributed by atoms with Gasteiger partial charge in [-0.15, -0.1) is 6.58 Å². The molecule has 0 aromatic rings. The first-order chi connectivity index (χ1) is 5.92. The summed E-state index contributed by atoms with van der Waals surface area (Å²) in [4.78, 5) is 0. The minimum atomic E-state index is 1.02. The van der Waals surface area contributed by atoms with E-state index in [1.807, 2.05) is 0 Å². The lowest BCUT2D eigenvalue weighted by Gasteiger charge is -2.40. The van der Waals surface area contributed by atoms with Gasteiger partial charge in [-0.05, 0) is 0 Å². The Kier molecular flexibility index (Phi) is 2.58. The minimum Gasteiger partial charge on any atom is -0.104 e. The van der Waals surface area contributed by atoms with E-state index in [9.17, 15) is 0 Å². The van der Waals surface area contributed by atoms with Gasteiger partial charge in [0, 0.05) is 0 Å². The zero-order chi connectivity index (χ0) is 8.39. The van der Waals surface area contributed by atoms with Crippen LogP contribution in [0.2, 0.25) is 18.0 Å². The smallest absolute Gasteiger partial charge is 0.104 e. The van der Waals surface area contributed by atoms with Crippen LogP contribution in [-0.2, 0) is 0 Å². The van der Waals surface area contributed by atoms with Crippen LogP contribution in [0.5, 0.6) is 0 Å². The molecule has 0 unspecified atom stereocenters. The molecule has 0 amide bonds. The molecule has 12 heavy (non-hydrogen) atoms. The van der Waals surface area contributed by atoms with Crippen molar-refractivity contribution in [2.75, 3.05) is 0 Å². The van der Waals surface area contributed by atoms with Gasteiger partial charge in [0.2, 0.25) is 0 Å². The fraction of sp³-hybridized carbons (Fsp3) is 0.818. The SMILES string of the molecule is C=CCB1C2CCCC1CCC2. The number of rotatable bonds is 2. The van der Waals surface area contributed by atoms with E-state index in [1.54, 1.807) is 0 Å². The van der Waals surface area contributed by atoms with E-state index in [0.717, 1.165) is 18.3 Å². The second-order valence-electron chi connectivity index (χ2n) is 4.57. The molecule has 0 aromatic carbocycles. The molecule has 1 heteroatoms. The molecule has 0 N–H and O–H groups in total. The lowest BCUT2D eigenvalue weighted by Crippen LogP contribution is -2.33. The summed E-state index contributed by atoms with van der Waals surface area (Å²) >= 11 is 0. The van der Waals surface area contributed by atoms with Crippen molar-refractivity contribution in [3.63, 3.8) is 0 Å². The van der Waals surface area contributed by atoms with Crippen LogP contribution < -0.4 is 0 Å². The van der Waals surface area contributed by atoms with Crippen molar-refractivity contribution in [3.8, 4) is 0 Å². The first kappa shape index (κ1) is 8.41. The van der Waals surface area contributed by atoms with E-state index >= 15 is 0 Å². The fourth-order valence-corrected chi connectivity index (χ4v) is 3.39. The Morgan fingerprint density at radius 3 is 2.00 bits per heavy atom. The highest BCUT2D eigenvalue weighted by Gasteiger charge is 2.37. The standard InChI is InChI=1S/C11H19B/c1-2-9-12-10-5-3-6-11(12)8-4-7-10/h2,10-11H,1,3-9H2. The molecule has 2 heterocycles. The molecule has 0 saturated carbocycles. The summed E-state index contributed by atoms with van der Waals surface area (Å²) in [6, 6.07) is 0. The third kappa shape index (κ3) is 1.46. The summed E-state index contributed by atoms with van der Waals surface area (Å²) in [5.74, 6) is 2.13. The Balaban J connectivity index is 2.03. The molecule has 2 fully saturated rings. The lowest BCUT2D eigenvalue weighted by atomic mass is 9.26. The first-order valence-corrected chi connectivity index (χ1v) is 5.52. The molecule has 0 spiro atoms. The Hall–Kier alpha value is -0.195. The van der Waals surface area contributed by atoms with Crippen LogP contribution in [-0.4, -0.2) is 6.71 Å². The van der Waals surface area contributed by atoms with Gasteiger partial charge in [-0.1, -0.05) is 62.6 Å².